The summed E-state index contributed by atoms with van der Waals surface area (Å²) >= 11 is 5.18. The summed E-state index contributed by atoms with van der Waals surface area (Å²) in [6.45, 7) is 3.19. The molecule has 1 aliphatic heterocycles. The summed E-state index contributed by atoms with van der Waals surface area (Å²) in [7, 11) is 0. The van der Waals surface area contributed by atoms with Crippen molar-refractivity contribution in [2.24, 2.45) is 5.92 Å². The van der Waals surface area contributed by atoms with Crippen molar-refractivity contribution in [1.29, 1.82) is 0 Å². The molecule has 0 bridgehead atoms. The van der Waals surface area contributed by atoms with Gasteiger partial charge in [0.15, 0.2) is 0 Å². The minimum Gasteiger partial charge on any atom is -0.309 e. The summed E-state index contributed by atoms with van der Waals surface area (Å²) < 4.78 is 14.6. The molecule has 0 aromatic heterocycles. The number of nitrogens with one attached hydrogen (secondary N) is 1. The predicted octanol–water partition coefficient (Wildman–Crippen LogP) is 3.60. The highest BCUT2D eigenvalue weighted by molar-refractivity contribution is 9.10. The average molecular weight is 304 g/mol. The van der Waals surface area contributed by atoms with E-state index in [9.17, 15) is 4.39 Å². The third-order valence-corrected chi connectivity index (χ3v) is 4.60. The highest BCUT2D eigenvalue weighted by Crippen LogP contribution is 2.27. The highest BCUT2D eigenvalue weighted by Gasteiger charge is 2.19. The summed E-state index contributed by atoms with van der Waals surface area (Å²) in [5.41, 5.74) is 0.782. The van der Waals surface area contributed by atoms with Crippen molar-refractivity contribution in [3.05, 3.63) is 34.1 Å². The van der Waals surface area contributed by atoms with Crippen LogP contribution in [-0.4, -0.2) is 18.1 Å². The molecule has 0 spiro atoms. The molecule has 0 radical (unpaired) electrons. The van der Waals surface area contributed by atoms with Crippen LogP contribution in [0.4, 0.5) is 4.39 Å². The fourth-order valence-electron chi connectivity index (χ4n) is 1.83. The molecular formula is C12H15BrFNS. The van der Waals surface area contributed by atoms with Gasteiger partial charge in [-0.25, -0.2) is 4.39 Å². The first-order chi connectivity index (χ1) is 7.66. The zero-order valence-corrected chi connectivity index (χ0v) is 11.6. The van der Waals surface area contributed by atoms with E-state index in [-0.39, 0.29) is 11.9 Å². The second-order valence-electron chi connectivity index (χ2n) is 4.27. The highest BCUT2D eigenvalue weighted by atomic mass is 79.9. The summed E-state index contributed by atoms with van der Waals surface area (Å²) in [4.78, 5) is 0. The Hall–Kier alpha value is -0.0600. The minimum absolute atomic E-state index is 0.123. The molecule has 1 saturated heterocycles. The van der Waals surface area contributed by atoms with Crippen molar-refractivity contribution in [3.63, 3.8) is 0 Å². The minimum atomic E-state index is -0.123. The van der Waals surface area contributed by atoms with Gasteiger partial charge in [-0.3, -0.25) is 0 Å². The third kappa shape index (κ3) is 2.99. The molecule has 0 saturated carbocycles. The van der Waals surface area contributed by atoms with Crippen LogP contribution in [0.1, 0.15) is 18.5 Å². The fourth-order valence-corrected chi connectivity index (χ4v) is 3.35. The number of benzene rings is 1. The zero-order valence-electron chi connectivity index (χ0n) is 9.17. The second-order valence-corrected chi connectivity index (χ2v) is 6.26. The number of halogens is 2. The van der Waals surface area contributed by atoms with Gasteiger partial charge in [0, 0.05) is 21.8 Å². The molecule has 16 heavy (non-hydrogen) atoms. The first kappa shape index (κ1) is 12.4. The maximum atomic E-state index is 13.8. The van der Waals surface area contributed by atoms with Gasteiger partial charge in [-0.1, -0.05) is 28.9 Å². The van der Waals surface area contributed by atoms with Crippen molar-refractivity contribution >= 4 is 27.7 Å². The molecular weight excluding hydrogens is 289 g/mol. The molecule has 1 fully saturated rings. The lowest BCUT2D eigenvalue weighted by Gasteiger charge is -2.17. The van der Waals surface area contributed by atoms with E-state index in [1.54, 1.807) is 0 Å². The Bertz CT molecular complexity index is 372. The molecule has 4 heteroatoms. The van der Waals surface area contributed by atoms with Gasteiger partial charge in [0.05, 0.1) is 0 Å². The van der Waals surface area contributed by atoms with Crippen LogP contribution in [0.3, 0.4) is 0 Å². The summed E-state index contributed by atoms with van der Waals surface area (Å²) in [5.74, 6) is 2.64. The molecule has 1 nitrogen and oxygen atoms in total. The van der Waals surface area contributed by atoms with E-state index >= 15 is 0 Å². The molecule has 1 aliphatic rings. The summed E-state index contributed by atoms with van der Waals surface area (Å²) in [5, 5.41) is 3.43. The third-order valence-electron chi connectivity index (χ3n) is 2.74. The molecule has 1 aromatic carbocycles. The molecule has 2 unspecified atom stereocenters. The molecule has 2 rings (SSSR count). The van der Waals surface area contributed by atoms with Gasteiger partial charge in [-0.2, -0.15) is 11.8 Å². The predicted molar refractivity (Wildman–Crippen MR) is 71.3 cm³/mol. The van der Waals surface area contributed by atoms with Gasteiger partial charge in [0.2, 0.25) is 0 Å². The van der Waals surface area contributed by atoms with Crippen LogP contribution in [0, 0.1) is 11.7 Å². The van der Waals surface area contributed by atoms with Crippen LogP contribution in [0.5, 0.6) is 0 Å². The Kier molecular flexibility index (Phi) is 4.27. The topological polar surface area (TPSA) is 12.0 Å². The molecule has 0 amide bonds. The van der Waals surface area contributed by atoms with Gasteiger partial charge in [-0.05, 0) is 30.3 Å². The van der Waals surface area contributed by atoms with Crippen LogP contribution < -0.4 is 5.32 Å². The first-order valence-corrected chi connectivity index (χ1v) is 7.37. The van der Waals surface area contributed by atoms with Gasteiger partial charge in [-0.15, -0.1) is 0 Å². The maximum absolute atomic E-state index is 13.8. The van der Waals surface area contributed by atoms with Crippen molar-refractivity contribution in [3.8, 4) is 0 Å². The first-order valence-electron chi connectivity index (χ1n) is 5.43. The number of thioether (sulfide) groups is 1. The Morgan fingerprint density at radius 3 is 3.00 bits per heavy atom. The number of hydrogen-bond donors (Lipinski definition) is 1. The van der Waals surface area contributed by atoms with Crippen LogP contribution >= 0.6 is 27.7 Å². The van der Waals surface area contributed by atoms with E-state index in [1.807, 2.05) is 23.9 Å². The van der Waals surface area contributed by atoms with E-state index in [0.29, 0.717) is 5.92 Å². The standard InChI is InChI=1S/C12H15BrFNS/c1-8-5-15-12(7-16-6-8)10-3-2-9(13)4-11(10)14/h2-4,8,12,15H,5-7H2,1H3. The van der Waals surface area contributed by atoms with Crippen molar-refractivity contribution < 1.29 is 4.39 Å². The molecule has 1 N–H and O–H groups in total. The Morgan fingerprint density at radius 1 is 1.44 bits per heavy atom. The molecule has 88 valence electrons. The van der Waals surface area contributed by atoms with Crippen LogP contribution in [0.15, 0.2) is 22.7 Å². The van der Waals surface area contributed by atoms with E-state index in [0.717, 1.165) is 28.1 Å². The Labute approximate surface area is 108 Å². The lowest BCUT2D eigenvalue weighted by molar-refractivity contribution is 0.497. The van der Waals surface area contributed by atoms with E-state index in [4.69, 9.17) is 0 Å². The Balaban J connectivity index is 2.16. The summed E-state index contributed by atoms with van der Waals surface area (Å²) in [6, 6.07) is 5.45. The van der Waals surface area contributed by atoms with Gasteiger partial charge in [0.25, 0.3) is 0 Å². The van der Waals surface area contributed by atoms with E-state index in [2.05, 4.69) is 28.2 Å². The smallest absolute Gasteiger partial charge is 0.129 e. The lowest BCUT2D eigenvalue weighted by Crippen LogP contribution is -2.26. The largest absolute Gasteiger partial charge is 0.309 e. The van der Waals surface area contributed by atoms with Crippen molar-refractivity contribution in [1.82, 2.24) is 5.32 Å². The fraction of sp³-hybridized carbons (Fsp3) is 0.500. The normalized spacial score (nSPS) is 26.4. The zero-order chi connectivity index (χ0) is 11.5. The van der Waals surface area contributed by atoms with Gasteiger partial charge >= 0.3 is 0 Å². The maximum Gasteiger partial charge on any atom is 0.129 e. The van der Waals surface area contributed by atoms with Crippen LogP contribution in [-0.2, 0) is 0 Å². The molecule has 1 aromatic rings. The summed E-state index contributed by atoms with van der Waals surface area (Å²) in [6.07, 6.45) is 0. The monoisotopic (exact) mass is 303 g/mol. The Morgan fingerprint density at radius 2 is 2.25 bits per heavy atom. The van der Waals surface area contributed by atoms with Crippen LogP contribution in [0.2, 0.25) is 0 Å². The second kappa shape index (κ2) is 5.52. The lowest BCUT2D eigenvalue weighted by atomic mass is 10.1. The number of hydrogen-bond acceptors (Lipinski definition) is 2. The average Bonchev–Trinajstić information content (AvgIpc) is 2.43. The molecule has 0 aliphatic carbocycles. The quantitative estimate of drug-likeness (QED) is 0.851. The van der Waals surface area contributed by atoms with Gasteiger partial charge in [0.1, 0.15) is 5.82 Å². The number of rotatable bonds is 1. The SMILES string of the molecule is CC1CNC(c2ccc(Br)cc2F)CSC1. The van der Waals surface area contributed by atoms with E-state index in [1.165, 1.54) is 6.07 Å². The van der Waals surface area contributed by atoms with Gasteiger partial charge < -0.3 is 5.32 Å². The molecule has 1 heterocycles. The van der Waals surface area contributed by atoms with Crippen molar-refractivity contribution in [2.45, 2.75) is 13.0 Å². The van der Waals surface area contributed by atoms with Crippen LogP contribution in [0.25, 0.3) is 0 Å². The molecule has 2 atom stereocenters. The van der Waals surface area contributed by atoms with E-state index < -0.39 is 0 Å². The van der Waals surface area contributed by atoms with Crippen molar-refractivity contribution in [2.75, 3.05) is 18.1 Å².